The number of pyridine rings is 1. The van der Waals surface area contributed by atoms with E-state index in [1.807, 2.05) is 6.92 Å². The van der Waals surface area contributed by atoms with Gasteiger partial charge in [-0.25, -0.2) is 9.78 Å². The molecule has 0 saturated heterocycles. The van der Waals surface area contributed by atoms with Gasteiger partial charge in [0.15, 0.2) is 0 Å². The van der Waals surface area contributed by atoms with E-state index in [2.05, 4.69) is 4.98 Å². The van der Waals surface area contributed by atoms with E-state index < -0.39 is 5.97 Å². The molecule has 1 saturated carbocycles. The van der Waals surface area contributed by atoms with Crippen molar-refractivity contribution in [3.8, 4) is 0 Å². The fourth-order valence-electron chi connectivity index (χ4n) is 2.33. The Labute approximate surface area is 123 Å². The Morgan fingerprint density at radius 2 is 2.10 bits per heavy atom. The maximum Gasteiger partial charge on any atom is 0.354 e. The van der Waals surface area contributed by atoms with Gasteiger partial charge in [0.25, 0.3) is 5.91 Å². The molecule has 1 aliphatic rings. The Hall–Kier alpha value is -1.95. The summed E-state index contributed by atoms with van der Waals surface area (Å²) in [4.78, 5) is 29.2. The molecule has 1 aromatic rings. The number of ether oxygens (including phenoxy) is 1. The quantitative estimate of drug-likeness (QED) is 0.827. The number of methoxy groups -OCH3 is 1. The van der Waals surface area contributed by atoms with Gasteiger partial charge in [-0.3, -0.25) is 4.79 Å². The number of carbonyl (C=O) groups is 2. The van der Waals surface area contributed by atoms with Crippen LogP contribution in [0, 0.1) is 5.92 Å². The Morgan fingerprint density at radius 3 is 2.67 bits per heavy atom. The van der Waals surface area contributed by atoms with E-state index in [0.717, 1.165) is 12.8 Å². The van der Waals surface area contributed by atoms with E-state index in [9.17, 15) is 9.59 Å². The lowest BCUT2D eigenvalue weighted by atomic mass is 10.1. The average molecular weight is 292 g/mol. The molecule has 114 valence electrons. The van der Waals surface area contributed by atoms with Crippen LogP contribution in [-0.4, -0.2) is 53.2 Å². The van der Waals surface area contributed by atoms with Crippen molar-refractivity contribution in [3.63, 3.8) is 0 Å². The summed E-state index contributed by atoms with van der Waals surface area (Å²) in [6.45, 7) is 2.94. The molecular formula is C15H20N2O4. The summed E-state index contributed by atoms with van der Waals surface area (Å²) in [6.07, 6.45) is 2.25. The first-order valence-electron chi connectivity index (χ1n) is 7.05. The molecule has 0 radical (unpaired) electrons. The van der Waals surface area contributed by atoms with Crippen molar-refractivity contribution in [2.45, 2.75) is 25.8 Å². The van der Waals surface area contributed by atoms with Crippen LogP contribution in [0.5, 0.6) is 0 Å². The number of aromatic nitrogens is 1. The minimum Gasteiger partial charge on any atom is -0.477 e. The third-order valence-corrected chi connectivity index (χ3v) is 3.78. The molecule has 1 unspecified atom stereocenters. The lowest BCUT2D eigenvalue weighted by molar-refractivity contribution is 0.0588. The summed E-state index contributed by atoms with van der Waals surface area (Å²) in [6, 6.07) is 4.58. The molecule has 2 rings (SSSR count). The van der Waals surface area contributed by atoms with Gasteiger partial charge in [-0.05, 0) is 37.8 Å². The molecule has 0 bridgehead atoms. The molecule has 6 nitrogen and oxygen atoms in total. The van der Waals surface area contributed by atoms with Crippen molar-refractivity contribution >= 4 is 11.9 Å². The normalized spacial score (nSPS) is 15.5. The number of carboxylic acid groups (broad SMARTS) is 1. The lowest BCUT2D eigenvalue weighted by Crippen LogP contribution is -2.42. The molecule has 0 spiro atoms. The largest absolute Gasteiger partial charge is 0.477 e. The number of carboxylic acids is 1. The second-order valence-electron chi connectivity index (χ2n) is 5.28. The van der Waals surface area contributed by atoms with Gasteiger partial charge in [-0.15, -0.1) is 0 Å². The van der Waals surface area contributed by atoms with Gasteiger partial charge in [-0.1, -0.05) is 6.07 Å². The number of hydrogen-bond donors (Lipinski definition) is 1. The van der Waals surface area contributed by atoms with Gasteiger partial charge in [-0.2, -0.15) is 0 Å². The van der Waals surface area contributed by atoms with Crippen LogP contribution in [-0.2, 0) is 4.74 Å². The summed E-state index contributed by atoms with van der Waals surface area (Å²) >= 11 is 0. The molecule has 1 amide bonds. The smallest absolute Gasteiger partial charge is 0.354 e. The van der Waals surface area contributed by atoms with Crippen LogP contribution in [0.25, 0.3) is 0 Å². The predicted octanol–water partition coefficient (Wildman–Crippen LogP) is 1.67. The van der Waals surface area contributed by atoms with Crippen LogP contribution in [0.15, 0.2) is 18.2 Å². The molecule has 21 heavy (non-hydrogen) atoms. The number of amides is 1. The molecule has 0 aliphatic heterocycles. The maximum atomic E-state index is 12.6. The number of carbonyl (C=O) groups excluding carboxylic acids is 1. The van der Waals surface area contributed by atoms with Gasteiger partial charge in [0.05, 0.1) is 6.61 Å². The van der Waals surface area contributed by atoms with Gasteiger partial charge < -0.3 is 14.7 Å². The van der Waals surface area contributed by atoms with Crippen molar-refractivity contribution in [1.29, 1.82) is 0 Å². The van der Waals surface area contributed by atoms with E-state index in [0.29, 0.717) is 19.1 Å². The van der Waals surface area contributed by atoms with Gasteiger partial charge >= 0.3 is 5.97 Å². The molecule has 1 fully saturated rings. The number of nitrogens with zero attached hydrogens (tertiary/aromatic N) is 2. The fourth-order valence-corrected chi connectivity index (χ4v) is 2.33. The Bertz CT molecular complexity index is 528. The molecule has 1 aliphatic carbocycles. The zero-order valence-electron chi connectivity index (χ0n) is 12.3. The molecule has 1 N–H and O–H groups in total. The zero-order valence-corrected chi connectivity index (χ0v) is 12.3. The standard InChI is InChI=1S/C15H20N2O4/c1-10(11-6-7-11)17(8-9-21-2)14(18)12-4-3-5-13(16-12)15(19)20/h3-5,10-11H,6-9H2,1-2H3,(H,19,20). The Balaban J connectivity index is 2.19. The highest BCUT2D eigenvalue weighted by atomic mass is 16.5. The first-order chi connectivity index (χ1) is 10.0. The fraction of sp³-hybridized carbons (Fsp3) is 0.533. The van der Waals surface area contributed by atoms with Gasteiger partial charge in [0.1, 0.15) is 11.4 Å². The first kappa shape index (κ1) is 15.4. The first-order valence-corrected chi connectivity index (χ1v) is 7.05. The third-order valence-electron chi connectivity index (χ3n) is 3.78. The minimum atomic E-state index is -1.14. The van der Waals surface area contributed by atoms with Crippen LogP contribution in [0.1, 0.15) is 40.7 Å². The summed E-state index contributed by atoms with van der Waals surface area (Å²) in [7, 11) is 1.59. The van der Waals surface area contributed by atoms with Crippen LogP contribution >= 0.6 is 0 Å². The Morgan fingerprint density at radius 1 is 1.43 bits per heavy atom. The van der Waals surface area contributed by atoms with Gasteiger partial charge in [0.2, 0.25) is 0 Å². The maximum absolute atomic E-state index is 12.6. The molecule has 1 heterocycles. The summed E-state index contributed by atoms with van der Waals surface area (Å²) in [5, 5.41) is 8.97. The monoisotopic (exact) mass is 292 g/mol. The van der Waals surface area contributed by atoms with Gasteiger partial charge in [0, 0.05) is 19.7 Å². The summed E-state index contributed by atoms with van der Waals surface area (Å²) in [5.41, 5.74) is 0.0464. The SMILES string of the molecule is COCCN(C(=O)c1cccc(C(=O)O)n1)C(C)C1CC1. The lowest BCUT2D eigenvalue weighted by Gasteiger charge is -2.29. The van der Waals surface area contributed by atoms with E-state index in [1.165, 1.54) is 6.07 Å². The second-order valence-corrected chi connectivity index (χ2v) is 5.28. The van der Waals surface area contributed by atoms with Crippen LogP contribution < -0.4 is 0 Å². The molecule has 0 aromatic carbocycles. The average Bonchev–Trinajstić information content (AvgIpc) is 3.32. The van der Waals surface area contributed by atoms with Crippen LogP contribution in [0.4, 0.5) is 0 Å². The van der Waals surface area contributed by atoms with Crippen LogP contribution in [0.3, 0.4) is 0 Å². The van der Waals surface area contributed by atoms with Crippen LogP contribution in [0.2, 0.25) is 0 Å². The number of aromatic carboxylic acids is 1. The van der Waals surface area contributed by atoms with Crippen molar-refractivity contribution in [1.82, 2.24) is 9.88 Å². The highest BCUT2D eigenvalue weighted by Crippen LogP contribution is 2.35. The van der Waals surface area contributed by atoms with Crippen molar-refractivity contribution in [2.24, 2.45) is 5.92 Å². The number of hydrogen-bond acceptors (Lipinski definition) is 4. The van der Waals surface area contributed by atoms with Crippen molar-refractivity contribution in [2.75, 3.05) is 20.3 Å². The Kier molecular flexibility index (Phi) is 4.90. The van der Waals surface area contributed by atoms with E-state index >= 15 is 0 Å². The minimum absolute atomic E-state index is 0.114. The molecule has 6 heteroatoms. The van der Waals surface area contributed by atoms with E-state index in [1.54, 1.807) is 24.1 Å². The predicted molar refractivity (Wildman–Crippen MR) is 76.3 cm³/mol. The van der Waals surface area contributed by atoms with E-state index in [-0.39, 0.29) is 23.3 Å². The highest BCUT2D eigenvalue weighted by molar-refractivity contribution is 5.94. The summed E-state index contributed by atoms with van der Waals surface area (Å²) in [5.74, 6) is -0.855. The zero-order chi connectivity index (χ0) is 15.4. The highest BCUT2D eigenvalue weighted by Gasteiger charge is 2.34. The molecule has 1 atom stereocenters. The second kappa shape index (κ2) is 6.67. The van der Waals surface area contributed by atoms with Crippen molar-refractivity contribution < 1.29 is 19.4 Å². The molecular weight excluding hydrogens is 272 g/mol. The van der Waals surface area contributed by atoms with E-state index in [4.69, 9.17) is 9.84 Å². The number of rotatable bonds is 7. The molecule has 1 aromatic heterocycles. The topological polar surface area (TPSA) is 79.7 Å². The third kappa shape index (κ3) is 3.78. The summed E-state index contributed by atoms with van der Waals surface area (Å²) < 4.78 is 5.06. The van der Waals surface area contributed by atoms with Crippen molar-refractivity contribution in [3.05, 3.63) is 29.6 Å².